The summed E-state index contributed by atoms with van der Waals surface area (Å²) in [5.41, 5.74) is 6.42. The maximum absolute atomic E-state index is 12.8. The molecule has 2 N–H and O–H groups in total. The fraction of sp³-hybridized carbons (Fsp3) is 0.556. The van der Waals surface area contributed by atoms with Crippen LogP contribution < -0.4 is 5.73 Å². The highest BCUT2D eigenvalue weighted by Crippen LogP contribution is 2.26. The number of carbonyl (C=O) groups excluding carboxylic acids is 2. The summed E-state index contributed by atoms with van der Waals surface area (Å²) in [6.07, 6.45) is 3.36. The Morgan fingerprint density at radius 1 is 1.00 bits per heavy atom. The van der Waals surface area contributed by atoms with Gasteiger partial charge in [-0.1, -0.05) is 23.2 Å². The number of likely N-dealkylation sites (tertiary alicyclic amines) is 2. The van der Waals surface area contributed by atoms with Crippen LogP contribution in [0.4, 0.5) is 0 Å². The van der Waals surface area contributed by atoms with E-state index < -0.39 is 0 Å². The lowest BCUT2D eigenvalue weighted by Gasteiger charge is -2.37. The summed E-state index contributed by atoms with van der Waals surface area (Å²) in [5, 5.41) is 0.787. The molecule has 1 atom stereocenters. The third-order valence-corrected chi connectivity index (χ3v) is 5.81. The third kappa shape index (κ3) is 4.83. The molecule has 1 aromatic rings. The standard InChI is InChI=1S/C18H23Cl2N3O2.ClH/c19-15-4-3-12(10-16(15)20)17(24)23-7-1-2-13(11-23)18(25)22-8-5-14(21)6-9-22;/h3-4,10,13-14H,1-2,5-9,11,21H2;1H. The number of nitrogens with two attached hydrogens (primary N) is 1. The van der Waals surface area contributed by atoms with Crippen LogP contribution in [0.2, 0.25) is 10.0 Å². The van der Waals surface area contributed by atoms with Gasteiger partial charge in [-0.05, 0) is 43.9 Å². The number of rotatable bonds is 2. The van der Waals surface area contributed by atoms with Gasteiger partial charge in [-0.2, -0.15) is 0 Å². The molecular formula is C18H24Cl3N3O2. The molecule has 8 heteroatoms. The predicted molar refractivity (Wildman–Crippen MR) is 106 cm³/mol. The second-order valence-electron chi connectivity index (χ2n) is 6.88. The van der Waals surface area contributed by atoms with Crippen LogP contribution in [-0.2, 0) is 4.79 Å². The van der Waals surface area contributed by atoms with Crippen molar-refractivity contribution in [2.24, 2.45) is 11.7 Å². The molecule has 5 nitrogen and oxygen atoms in total. The largest absolute Gasteiger partial charge is 0.342 e. The van der Waals surface area contributed by atoms with E-state index in [1.165, 1.54) is 0 Å². The highest BCUT2D eigenvalue weighted by Gasteiger charge is 2.32. The summed E-state index contributed by atoms with van der Waals surface area (Å²) in [4.78, 5) is 29.2. The Morgan fingerprint density at radius 2 is 1.69 bits per heavy atom. The second kappa shape index (κ2) is 9.27. The maximum atomic E-state index is 12.8. The first-order chi connectivity index (χ1) is 12.0. The lowest BCUT2D eigenvalue weighted by Crippen LogP contribution is -2.50. The van der Waals surface area contributed by atoms with Crippen LogP contribution in [0, 0.1) is 5.92 Å². The molecule has 0 saturated carbocycles. The SMILES string of the molecule is Cl.NC1CCN(C(=O)C2CCCN(C(=O)c3ccc(Cl)c(Cl)c3)C2)CC1. The first-order valence-corrected chi connectivity index (χ1v) is 9.50. The van der Waals surface area contributed by atoms with E-state index in [1.807, 2.05) is 4.90 Å². The summed E-state index contributed by atoms with van der Waals surface area (Å²) < 4.78 is 0. The fourth-order valence-corrected chi connectivity index (χ4v) is 3.85. The maximum Gasteiger partial charge on any atom is 0.253 e. The van der Waals surface area contributed by atoms with Crippen LogP contribution in [0.5, 0.6) is 0 Å². The van der Waals surface area contributed by atoms with Gasteiger partial charge in [-0.25, -0.2) is 0 Å². The minimum absolute atomic E-state index is 0. The molecule has 0 radical (unpaired) electrons. The quantitative estimate of drug-likeness (QED) is 0.799. The van der Waals surface area contributed by atoms with E-state index in [4.69, 9.17) is 28.9 Å². The number of nitrogens with zero attached hydrogens (tertiary/aromatic N) is 2. The van der Waals surface area contributed by atoms with Gasteiger partial charge >= 0.3 is 0 Å². The molecule has 26 heavy (non-hydrogen) atoms. The Morgan fingerprint density at radius 3 is 2.35 bits per heavy atom. The molecule has 0 spiro atoms. The van der Waals surface area contributed by atoms with Gasteiger partial charge in [-0.15, -0.1) is 12.4 Å². The second-order valence-corrected chi connectivity index (χ2v) is 7.70. The first kappa shape index (κ1) is 21.3. The van der Waals surface area contributed by atoms with Crippen LogP contribution in [0.1, 0.15) is 36.0 Å². The van der Waals surface area contributed by atoms with Crippen LogP contribution >= 0.6 is 35.6 Å². The Kier molecular flexibility index (Phi) is 7.59. The molecule has 2 aliphatic rings. The summed E-state index contributed by atoms with van der Waals surface area (Å²) >= 11 is 11.9. The average Bonchev–Trinajstić information content (AvgIpc) is 2.63. The van der Waals surface area contributed by atoms with Crippen LogP contribution in [0.3, 0.4) is 0 Å². The third-order valence-electron chi connectivity index (χ3n) is 5.08. The zero-order valence-corrected chi connectivity index (χ0v) is 16.8. The highest BCUT2D eigenvalue weighted by atomic mass is 35.5. The lowest BCUT2D eigenvalue weighted by molar-refractivity contribution is -0.138. The van der Waals surface area contributed by atoms with Gasteiger partial charge < -0.3 is 15.5 Å². The molecule has 144 valence electrons. The van der Waals surface area contributed by atoms with Gasteiger partial charge in [0.15, 0.2) is 0 Å². The van der Waals surface area contributed by atoms with Crippen molar-refractivity contribution in [3.05, 3.63) is 33.8 Å². The van der Waals surface area contributed by atoms with Gasteiger partial charge in [-0.3, -0.25) is 9.59 Å². The monoisotopic (exact) mass is 419 g/mol. The highest BCUT2D eigenvalue weighted by molar-refractivity contribution is 6.42. The van der Waals surface area contributed by atoms with E-state index >= 15 is 0 Å². The number of hydrogen-bond donors (Lipinski definition) is 1. The van der Waals surface area contributed by atoms with Crippen LogP contribution in [0.25, 0.3) is 0 Å². The molecule has 2 fully saturated rings. The van der Waals surface area contributed by atoms with Crippen molar-refractivity contribution in [2.45, 2.75) is 31.7 Å². The first-order valence-electron chi connectivity index (χ1n) is 8.74. The van der Waals surface area contributed by atoms with Gasteiger partial charge in [0, 0.05) is 37.8 Å². The Bertz CT molecular complexity index is 663. The smallest absolute Gasteiger partial charge is 0.253 e. The molecular weight excluding hydrogens is 397 g/mol. The number of carbonyl (C=O) groups is 2. The van der Waals surface area contributed by atoms with E-state index in [2.05, 4.69) is 0 Å². The summed E-state index contributed by atoms with van der Waals surface area (Å²) in [5.74, 6) is -0.0786. The Hall–Kier alpha value is -1.01. The minimum atomic E-state index is -0.130. The van der Waals surface area contributed by atoms with Gasteiger partial charge in [0.1, 0.15) is 0 Å². The topological polar surface area (TPSA) is 66.6 Å². The van der Waals surface area contributed by atoms with Crippen LogP contribution in [-0.4, -0.2) is 53.8 Å². The molecule has 0 aliphatic carbocycles. The molecule has 1 unspecified atom stereocenters. The number of amides is 2. The van der Waals surface area contributed by atoms with Crippen molar-refractivity contribution in [2.75, 3.05) is 26.2 Å². The molecule has 2 amide bonds. The van der Waals surface area contributed by atoms with E-state index in [0.717, 1.165) is 38.8 Å². The normalized spacial score (nSPS) is 21.3. The van der Waals surface area contributed by atoms with E-state index in [1.54, 1.807) is 23.1 Å². The fourth-order valence-electron chi connectivity index (χ4n) is 3.55. The van der Waals surface area contributed by atoms with Crippen molar-refractivity contribution < 1.29 is 9.59 Å². The molecule has 0 bridgehead atoms. The van der Waals surface area contributed by atoms with Crippen molar-refractivity contribution >= 4 is 47.4 Å². The van der Waals surface area contributed by atoms with E-state index in [9.17, 15) is 9.59 Å². The molecule has 3 rings (SSSR count). The van der Waals surface area contributed by atoms with Crippen molar-refractivity contribution in [3.63, 3.8) is 0 Å². The minimum Gasteiger partial charge on any atom is -0.342 e. The van der Waals surface area contributed by atoms with Gasteiger partial charge in [0.2, 0.25) is 5.91 Å². The number of benzene rings is 1. The van der Waals surface area contributed by atoms with E-state index in [-0.39, 0.29) is 36.2 Å². The summed E-state index contributed by atoms with van der Waals surface area (Å²) in [6.45, 7) is 2.56. The van der Waals surface area contributed by atoms with Gasteiger partial charge in [0.25, 0.3) is 5.91 Å². The molecule has 2 aliphatic heterocycles. The van der Waals surface area contributed by atoms with Crippen molar-refractivity contribution in [3.8, 4) is 0 Å². The molecule has 1 aromatic carbocycles. The van der Waals surface area contributed by atoms with Crippen LogP contribution in [0.15, 0.2) is 18.2 Å². The summed E-state index contributed by atoms with van der Waals surface area (Å²) in [6, 6.07) is 5.08. The average molecular weight is 421 g/mol. The predicted octanol–water partition coefficient (Wildman–Crippen LogP) is 3.22. The van der Waals surface area contributed by atoms with Gasteiger partial charge in [0.05, 0.1) is 16.0 Å². The zero-order valence-electron chi connectivity index (χ0n) is 14.5. The van der Waals surface area contributed by atoms with Crippen molar-refractivity contribution in [1.29, 1.82) is 0 Å². The zero-order chi connectivity index (χ0) is 18.0. The lowest BCUT2D eigenvalue weighted by atomic mass is 9.94. The number of halogens is 3. The van der Waals surface area contributed by atoms with Crippen molar-refractivity contribution in [1.82, 2.24) is 9.80 Å². The molecule has 2 saturated heterocycles. The van der Waals surface area contributed by atoms with E-state index in [0.29, 0.717) is 28.7 Å². The Labute approximate surface area is 170 Å². The number of piperidine rings is 2. The molecule has 2 heterocycles. The number of hydrogen-bond acceptors (Lipinski definition) is 3. The Balaban J connectivity index is 0.00000243. The molecule has 0 aromatic heterocycles. The summed E-state index contributed by atoms with van der Waals surface area (Å²) in [7, 11) is 0.